The topological polar surface area (TPSA) is 86.5 Å². The van der Waals surface area contributed by atoms with E-state index in [0.717, 1.165) is 11.8 Å². The van der Waals surface area contributed by atoms with Crippen molar-refractivity contribution in [1.29, 1.82) is 0 Å². The highest BCUT2D eigenvalue weighted by atomic mass is 35.5. The van der Waals surface area contributed by atoms with Gasteiger partial charge in [0.1, 0.15) is 5.75 Å². The summed E-state index contributed by atoms with van der Waals surface area (Å²) in [6, 6.07) is 7.11. The maximum Gasteiger partial charge on any atom is 0.277 e. The first kappa shape index (κ1) is 17.6. The molecular formula is C14H16ClN3O4S. The van der Waals surface area contributed by atoms with Gasteiger partial charge in [-0.1, -0.05) is 35.5 Å². The molecule has 0 spiro atoms. The molecule has 0 aliphatic heterocycles. The summed E-state index contributed by atoms with van der Waals surface area (Å²) in [5, 5.41) is 11.2. The molecule has 0 saturated carbocycles. The van der Waals surface area contributed by atoms with E-state index in [1.807, 2.05) is 12.1 Å². The Morgan fingerprint density at radius 2 is 2.22 bits per heavy atom. The van der Waals surface area contributed by atoms with Gasteiger partial charge in [0.25, 0.3) is 11.1 Å². The van der Waals surface area contributed by atoms with E-state index in [-0.39, 0.29) is 18.3 Å². The van der Waals surface area contributed by atoms with Gasteiger partial charge in [-0.3, -0.25) is 4.79 Å². The highest BCUT2D eigenvalue weighted by Gasteiger charge is 2.10. The molecule has 0 bridgehead atoms. The van der Waals surface area contributed by atoms with Crippen molar-refractivity contribution in [2.45, 2.75) is 11.8 Å². The molecular weight excluding hydrogens is 342 g/mol. The van der Waals surface area contributed by atoms with Crippen LogP contribution in [0.15, 0.2) is 33.9 Å². The van der Waals surface area contributed by atoms with Crippen molar-refractivity contribution in [3.63, 3.8) is 0 Å². The Morgan fingerprint density at radius 3 is 3.00 bits per heavy atom. The minimum absolute atomic E-state index is 0.108. The number of nitrogens with one attached hydrogen (secondary N) is 1. The van der Waals surface area contributed by atoms with Crippen molar-refractivity contribution in [1.82, 2.24) is 15.5 Å². The van der Waals surface area contributed by atoms with E-state index in [4.69, 9.17) is 25.5 Å². The number of para-hydroxylation sites is 1. The lowest BCUT2D eigenvalue weighted by Crippen LogP contribution is -2.28. The first-order valence-electron chi connectivity index (χ1n) is 6.77. The standard InChI is InChI=1S/C14H16ClN3O4S/c1-20-7-6-16-12(19)9-23-14-18-17-13(22-14)8-21-11-5-3-2-4-10(11)15/h2-5H,6-9H2,1H3,(H,16,19). The van der Waals surface area contributed by atoms with Crippen molar-refractivity contribution < 1.29 is 18.7 Å². The molecule has 1 heterocycles. The third-order valence-corrected chi connectivity index (χ3v) is 3.72. The van der Waals surface area contributed by atoms with Gasteiger partial charge in [-0.15, -0.1) is 10.2 Å². The second kappa shape index (κ2) is 9.39. The second-order valence-electron chi connectivity index (χ2n) is 4.31. The van der Waals surface area contributed by atoms with Crippen LogP contribution in [-0.4, -0.2) is 42.1 Å². The Hall–Kier alpha value is -1.77. The number of aromatic nitrogens is 2. The molecule has 1 N–H and O–H groups in total. The van der Waals surface area contributed by atoms with Crippen LogP contribution in [0, 0.1) is 0 Å². The minimum Gasteiger partial charge on any atom is -0.482 e. The molecule has 2 aromatic rings. The first-order chi connectivity index (χ1) is 11.2. The molecule has 0 unspecified atom stereocenters. The van der Waals surface area contributed by atoms with Gasteiger partial charge in [-0.2, -0.15) is 0 Å². The van der Waals surface area contributed by atoms with Crippen LogP contribution in [0.4, 0.5) is 0 Å². The number of hydrogen-bond donors (Lipinski definition) is 1. The SMILES string of the molecule is COCCNC(=O)CSc1nnc(COc2ccccc2Cl)o1. The van der Waals surface area contributed by atoms with Gasteiger partial charge in [0, 0.05) is 13.7 Å². The third-order valence-electron chi connectivity index (χ3n) is 2.59. The monoisotopic (exact) mass is 357 g/mol. The van der Waals surface area contributed by atoms with Crippen molar-refractivity contribution in [2.24, 2.45) is 0 Å². The predicted octanol–water partition coefficient (Wildman–Crippen LogP) is 2.16. The van der Waals surface area contributed by atoms with Gasteiger partial charge < -0.3 is 19.2 Å². The first-order valence-corrected chi connectivity index (χ1v) is 8.13. The maximum atomic E-state index is 11.5. The molecule has 23 heavy (non-hydrogen) atoms. The summed E-state index contributed by atoms with van der Waals surface area (Å²) < 4.78 is 15.7. The molecule has 0 saturated heterocycles. The number of halogens is 1. The number of carbonyl (C=O) groups excluding carboxylic acids is 1. The molecule has 0 fully saturated rings. The number of amides is 1. The lowest BCUT2D eigenvalue weighted by atomic mass is 10.3. The number of benzene rings is 1. The van der Waals surface area contributed by atoms with E-state index in [9.17, 15) is 4.79 Å². The summed E-state index contributed by atoms with van der Waals surface area (Å²) >= 11 is 7.14. The molecule has 0 aliphatic carbocycles. The van der Waals surface area contributed by atoms with Crippen molar-refractivity contribution in [3.05, 3.63) is 35.2 Å². The Morgan fingerprint density at radius 1 is 1.39 bits per heavy atom. The predicted molar refractivity (Wildman–Crippen MR) is 85.7 cm³/mol. The molecule has 0 aliphatic rings. The number of ether oxygens (including phenoxy) is 2. The molecule has 1 amide bonds. The average molecular weight is 358 g/mol. The molecule has 1 aromatic carbocycles. The fraction of sp³-hybridized carbons (Fsp3) is 0.357. The number of rotatable bonds is 9. The fourth-order valence-corrected chi connectivity index (χ4v) is 2.33. The molecule has 2 rings (SSSR count). The Bertz CT molecular complexity index is 638. The van der Waals surface area contributed by atoms with Crippen LogP contribution in [-0.2, 0) is 16.1 Å². The summed E-state index contributed by atoms with van der Waals surface area (Å²) in [5.74, 6) is 0.918. The summed E-state index contributed by atoms with van der Waals surface area (Å²) in [6.07, 6.45) is 0. The molecule has 7 nitrogen and oxygen atoms in total. The van der Waals surface area contributed by atoms with Crippen molar-refractivity contribution >= 4 is 29.3 Å². The van der Waals surface area contributed by atoms with Gasteiger partial charge in [0.05, 0.1) is 17.4 Å². The zero-order chi connectivity index (χ0) is 16.5. The van der Waals surface area contributed by atoms with Crippen LogP contribution < -0.4 is 10.1 Å². The van der Waals surface area contributed by atoms with Gasteiger partial charge >= 0.3 is 0 Å². The zero-order valence-electron chi connectivity index (χ0n) is 12.5. The molecule has 0 atom stereocenters. The number of methoxy groups -OCH3 is 1. The van der Waals surface area contributed by atoms with E-state index >= 15 is 0 Å². The summed E-state index contributed by atoms with van der Waals surface area (Å²) in [7, 11) is 1.57. The minimum atomic E-state index is -0.126. The second-order valence-corrected chi connectivity index (χ2v) is 5.65. The number of thioether (sulfide) groups is 1. The number of hydrogen-bond acceptors (Lipinski definition) is 7. The van der Waals surface area contributed by atoms with Crippen molar-refractivity contribution in [2.75, 3.05) is 26.0 Å². The van der Waals surface area contributed by atoms with Gasteiger partial charge in [-0.05, 0) is 12.1 Å². The van der Waals surface area contributed by atoms with Crippen LogP contribution in [0.5, 0.6) is 5.75 Å². The normalized spacial score (nSPS) is 10.5. The summed E-state index contributed by atoms with van der Waals surface area (Å²) in [4.78, 5) is 11.5. The third kappa shape index (κ3) is 6.09. The van der Waals surface area contributed by atoms with Crippen molar-refractivity contribution in [3.8, 4) is 5.75 Å². The van der Waals surface area contributed by atoms with Crippen LogP contribution >= 0.6 is 23.4 Å². The van der Waals surface area contributed by atoms with Gasteiger partial charge in [0.15, 0.2) is 6.61 Å². The Labute approximate surface area is 142 Å². The Balaban J connectivity index is 1.75. The summed E-state index contributed by atoms with van der Waals surface area (Å²) in [6.45, 7) is 1.05. The van der Waals surface area contributed by atoms with Gasteiger partial charge in [-0.25, -0.2) is 0 Å². The van der Waals surface area contributed by atoms with E-state index in [2.05, 4.69) is 15.5 Å². The molecule has 0 radical (unpaired) electrons. The number of nitrogens with zero attached hydrogens (tertiary/aromatic N) is 2. The van der Waals surface area contributed by atoms with Crippen LogP contribution in [0.2, 0.25) is 5.02 Å². The van der Waals surface area contributed by atoms with E-state index in [0.29, 0.717) is 35.0 Å². The zero-order valence-corrected chi connectivity index (χ0v) is 14.0. The fourth-order valence-electron chi connectivity index (χ4n) is 1.53. The molecule has 9 heteroatoms. The largest absolute Gasteiger partial charge is 0.482 e. The molecule has 124 valence electrons. The van der Waals surface area contributed by atoms with E-state index in [1.165, 1.54) is 0 Å². The quantitative estimate of drug-likeness (QED) is 0.543. The highest BCUT2D eigenvalue weighted by molar-refractivity contribution is 7.99. The van der Waals surface area contributed by atoms with Crippen LogP contribution in [0.1, 0.15) is 5.89 Å². The van der Waals surface area contributed by atoms with Crippen LogP contribution in [0.3, 0.4) is 0 Å². The Kier molecular flexibility index (Phi) is 7.18. The lowest BCUT2D eigenvalue weighted by molar-refractivity contribution is -0.118. The average Bonchev–Trinajstić information content (AvgIpc) is 3.00. The smallest absolute Gasteiger partial charge is 0.277 e. The lowest BCUT2D eigenvalue weighted by Gasteiger charge is -2.04. The van der Waals surface area contributed by atoms with Gasteiger partial charge in [0.2, 0.25) is 5.91 Å². The highest BCUT2D eigenvalue weighted by Crippen LogP contribution is 2.24. The van der Waals surface area contributed by atoms with Crippen LogP contribution in [0.25, 0.3) is 0 Å². The number of carbonyl (C=O) groups is 1. The van der Waals surface area contributed by atoms with E-state index in [1.54, 1.807) is 19.2 Å². The van der Waals surface area contributed by atoms with E-state index < -0.39 is 0 Å². The molecule has 1 aromatic heterocycles. The summed E-state index contributed by atoms with van der Waals surface area (Å²) in [5.41, 5.74) is 0. The maximum absolute atomic E-state index is 11.5.